The first kappa shape index (κ1) is 27.6. The third-order valence-corrected chi connectivity index (χ3v) is 7.84. The summed E-state index contributed by atoms with van der Waals surface area (Å²) in [5, 5.41) is 11.9. The lowest BCUT2D eigenvalue weighted by Crippen LogP contribution is -2.29. The SMILES string of the molecule is CCCCOc1ccc(C(O)=C2C(=O)C(=O)N(c3nc(C)c(C(=O)OC)s3)[C@H]2c2ccc(Cl)c(Cl)c2)cc1. The molecule has 1 amide bonds. The Hall–Kier alpha value is -3.40. The number of halogens is 2. The molecule has 0 saturated carbocycles. The fourth-order valence-electron chi connectivity index (χ4n) is 3.99. The number of aromatic nitrogens is 1. The minimum absolute atomic E-state index is 0.0970. The first-order chi connectivity index (χ1) is 18.2. The van der Waals surface area contributed by atoms with Crippen molar-refractivity contribution in [1.29, 1.82) is 0 Å². The maximum Gasteiger partial charge on any atom is 0.350 e. The molecule has 0 unspecified atom stereocenters. The van der Waals surface area contributed by atoms with E-state index in [0.717, 1.165) is 29.1 Å². The number of anilines is 1. The molecular formula is C27H24Cl2N2O6S. The third kappa shape index (κ3) is 5.27. The second-order valence-corrected chi connectivity index (χ2v) is 10.3. The summed E-state index contributed by atoms with van der Waals surface area (Å²) in [5.74, 6) is -2.19. The van der Waals surface area contributed by atoms with Crippen molar-refractivity contribution in [2.24, 2.45) is 0 Å². The first-order valence-electron chi connectivity index (χ1n) is 11.7. The van der Waals surface area contributed by atoms with E-state index in [1.54, 1.807) is 37.3 Å². The van der Waals surface area contributed by atoms with Crippen molar-refractivity contribution in [3.05, 3.63) is 79.8 Å². The molecule has 1 aromatic heterocycles. The van der Waals surface area contributed by atoms with Crippen LogP contribution in [-0.4, -0.2) is 41.5 Å². The van der Waals surface area contributed by atoms with Gasteiger partial charge in [-0.25, -0.2) is 9.78 Å². The van der Waals surface area contributed by atoms with E-state index in [9.17, 15) is 19.5 Å². The van der Waals surface area contributed by atoms with Crippen molar-refractivity contribution in [2.75, 3.05) is 18.6 Å². The minimum atomic E-state index is -1.08. The molecule has 3 aromatic rings. The highest BCUT2D eigenvalue weighted by Crippen LogP contribution is 2.45. The Balaban J connectivity index is 1.84. The monoisotopic (exact) mass is 574 g/mol. The molecule has 38 heavy (non-hydrogen) atoms. The number of ether oxygens (including phenoxy) is 2. The molecule has 0 bridgehead atoms. The van der Waals surface area contributed by atoms with Gasteiger partial charge in [-0.3, -0.25) is 14.5 Å². The number of aryl methyl sites for hydroxylation is 1. The Kier molecular flexibility index (Phi) is 8.40. The van der Waals surface area contributed by atoms with Crippen LogP contribution in [0.25, 0.3) is 5.76 Å². The smallest absolute Gasteiger partial charge is 0.350 e. The normalized spacial score (nSPS) is 16.7. The summed E-state index contributed by atoms with van der Waals surface area (Å²) in [6.45, 7) is 4.22. The van der Waals surface area contributed by atoms with Gasteiger partial charge in [-0.1, -0.05) is 53.9 Å². The lowest BCUT2D eigenvalue weighted by Gasteiger charge is -2.23. The number of carbonyl (C=O) groups excluding carboxylic acids is 3. The number of Topliss-reactive ketones (excluding diaryl/α,β-unsaturated/α-hetero) is 1. The van der Waals surface area contributed by atoms with Crippen LogP contribution in [0.2, 0.25) is 10.0 Å². The highest BCUT2D eigenvalue weighted by atomic mass is 35.5. The van der Waals surface area contributed by atoms with Crippen LogP contribution in [0.5, 0.6) is 5.75 Å². The summed E-state index contributed by atoms with van der Waals surface area (Å²) in [6.07, 6.45) is 1.90. The van der Waals surface area contributed by atoms with Crippen LogP contribution in [0.1, 0.15) is 52.3 Å². The lowest BCUT2D eigenvalue weighted by atomic mass is 9.95. The molecule has 1 aliphatic rings. The average Bonchev–Trinajstić information content (AvgIpc) is 3.42. The topological polar surface area (TPSA) is 106 Å². The van der Waals surface area contributed by atoms with Crippen molar-refractivity contribution in [3.63, 3.8) is 0 Å². The van der Waals surface area contributed by atoms with E-state index in [2.05, 4.69) is 11.9 Å². The van der Waals surface area contributed by atoms with E-state index in [4.69, 9.17) is 32.7 Å². The quantitative estimate of drug-likeness (QED) is 0.110. The van der Waals surface area contributed by atoms with Gasteiger partial charge in [0.25, 0.3) is 5.78 Å². The molecule has 8 nitrogen and oxygen atoms in total. The van der Waals surface area contributed by atoms with Crippen LogP contribution in [0.3, 0.4) is 0 Å². The molecule has 0 spiro atoms. The van der Waals surface area contributed by atoms with E-state index < -0.39 is 23.7 Å². The summed E-state index contributed by atoms with van der Waals surface area (Å²) in [4.78, 5) is 44.6. The van der Waals surface area contributed by atoms with Gasteiger partial charge in [-0.15, -0.1) is 0 Å². The van der Waals surface area contributed by atoms with Gasteiger partial charge in [0.1, 0.15) is 16.4 Å². The second-order valence-electron chi connectivity index (χ2n) is 8.47. The number of benzene rings is 2. The van der Waals surface area contributed by atoms with Gasteiger partial charge in [0, 0.05) is 5.56 Å². The van der Waals surface area contributed by atoms with Crippen LogP contribution in [0.4, 0.5) is 5.13 Å². The van der Waals surface area contributed by atoms with E-state index >= 15 is 0 Å². The number of ketones is 1. The van der Waals surface area contributed by atoms with E-state index in [1.165, 1.54) is 19.2 Å². The number of aliphatic hydroxyl groups is 1. The van der Waals surface area contributed by atoms with Crippen LogP contribution in [0.15, 0.2) is 48.0 Å². The fourth-order valence-corrected chi connectivity index (χ4v) is 5.31. The van der Waals surface area contributed by atoms with E-state index in [1.807, 2.05) is 0 Å². The van der Waals surface area contributed by atoms with Crippen LogP contribution in [0, 0.1) is 6.92 Å². The van der Waals surface area contributed by atoms with Crippen molar-refractivity contribution < 1.29 is 29.0 Å². The van der Waals surface area contributed by atoms with Crippen LogP contribution < -0.4 is 9.64 Å². The summed E-state index contributed by atoms with van der Waals surface area (Å²) in [7, 11) is 1.24. The van der Waals surface area contributed by atoms with Gasteiger partial charge < -0.3 is 14.6 Å². The molecule has 198 valence electrons. The molecule has 1 atom stereocenters. The minimum Gasteiger partial charge on any atom is -0.507 e. The van der Waals surface area contributed by atoms with Crippen molar-refractivity contribution in [3.8, 4) is 5.75 Å². The standard InChI is InChI=1S/C27H24Cl2N2O6S/c1-4-5-12-37-17-9-6-15(7-10-17)22(32)20-21(16-8-11-18(28)19(29)13-16)31(25(34)23(20)33)27-30-14(2)24(38-27)26(35)36-3/h6-11,13,21,32H,4-5,12H2,1-3H3/t21-/m0/s1. The molecule has 2 heterocycles. The van der Waals surface area contributed by atoms with E-state index in [0.29, 0.717) is 29.2 Å². The first-order valence-corrected chi connectivity index (χ1v) is 13.3. The van der Waals surface area contributed by atoms with E-state index in [-0.39, 0.29) is 31.4 Å². The molecule has 0 radical (unpaired) electrons. The van der Waals surface area contributed by atoms with Crippen molar-refractivity contribution in [1.82, 2.24) is 4.98 Å². The predicted octanol–water partition coefficient (Wildman–Crippen LogP) is 6.35. The molecule has 1 aliphatic heterocycles. The van der Waals surface area contributed by atoms with Gasteiger partial charge in [0.05, 0.1) is 41.1 Å². The number of methoxy groups -OCH3 is 1. The molecule has 1 fully saturated rings. The number of hydrogen-bond acceptors (Lipinski definition) is 8. The summed E-state index contributed by atoms with van der Waals surface area (Å²) in [5.41, 5.74) is 0.930. The Labute approximate surface area is 233 Å². The summed E-state index contributed by atoms with van der Waals surface area (Å²) < 4.78 is 10.5. The van der Waals surface area contributed by atoms with Gasteiger partial charge in [0.2, 0.25) is 0 Å². The number of unbranched alkanes of at least 4 members (excludes halogenated alkanes) is 1. The van der Waals surface area contributed by atoms with Crippen molar-refractivity contribution in [2.45, 2.75) is 32.7 Å². The highest BCUT2D eigenvalue weighted by molar-refractivity contribution is 7.17. The predicted molar refractivity (Wildman–Crippen MR) is 146 cm³/mol. The number of thiazole rings is 1. The van der Waals surface area contributed by atoms with Gasteiger partial charge >= 0.3 is 11.9 Å². The van der Waals surface area contributed by atoms with Gasteiger partial charge in [-0.2, -0.15) is 0 Å². The zero-order valence-electron chi connectivity index (χ0n) is 20.8. The number of aliphatic hydroxyl groups excluding tert-OH is 1. The fraction of sp³-hybridized carbons (Fsp3) is 0.259. The molecular weight excluding hydrogens is 551 g/mol. The second kappa shape index (κ2) is 11.6. The molecule has 0 aliphatic carbocycles. The Morgan fingerprint density at radius 2 is 1.84 bits per heavy atom. The largest absolute Gasteiger partial charge is 0.507 e. The number of esters is 1. The summed E-state index contributed by atoms with van der Waals surface area (Å²) >= 11 is 13.3. The number of nitrogens with zero attached hydrogens (tertiary/aromatic N) is 2. The maximum absolute atomic E-state index is 13.4. The van der Waals surface area contributed by atoms with Crippen LogP contribution in [-0.2, 0) is 14.3 Å². The van der Waals surface area contributed by atoms with Crippen molar-refractivity contribution >= 4 is 63.1 Å². The number of carbonyl (C=O) groups is 3. The third-order valence-electron chi connectivity index (χ3n) is 5.96. The zero-order chi connectivity index (χ0) is 27.6. The van der Waals surface area contributed by atoms with Gasteiger partial charge in [-0.05, 0) is 55.3 Å². The van der Waals surface area contributed by atoms with Crippen LogP contribution >= 0.6 is 34.5 Å². The Morgan fingerprint density at radius 1 is 1.13 bits per heavy atom. The average molecular weight is 575 g/mol. The molecule has 2 aromatic carbocycles. The molecule has 1 saturated heterocycles. The lowest BCUT2D eigenvalue weighted by molar-refractivity contribution is -0.132. The maximum atomic E-state index is 13.4. The Bertz CT molecular complexity index is 1430. The summed E-state index contributed by atoms with van der Waals surface area (Å²) in [6, 6.07) is 10.2. The number of rotatable bonds is 8. The molecule has 4 rings (SSSR count). The number of amides is 1. The zero-order valence-corrected chi connectivity index (χ0v) is 23.1. The Morgan fingerprint density at radius 3 is 2.47 bits per heavy atom. The highest BCUT2D eigenvalue weighted by Gasteiger charge is 2.48. The molecule has 11 heteroatoms. The van der Waals surface area contributed by atoms with Gasteiger partial charge in [0.15, 0.2) is 5.13 Å². The molecule has 1 N–H and O–H groups in total. The number of hydrogen-bond donors (Lipinski definition) is 1.